The minimum atomic E-state index is -0.410. The topological polar surface area (TPSA) is 118 Å². The number of esters is 1. The van der Waals surface area contributed by atoms with E-state index in [1.54, 1.807) is 41.5 Å². The molecular formula is C25H31ClN4O6S. The number of halogens is 1. The van der Waals surface area contributed by atoms with Crippen LogP contribution in [0.3, 0.4) is 0 Å². The van der Waals surface area contributed by atoms with Gasteiger partial charge in [-0.2, -0.15) is 0 Å². The molecule has 0 atom stereocenters. The maximum absolute atomic E-state index is 12.9. The monoisotopic (exact) mass is 550 g/mol. The molecule has 200 valence electrons. The number of benzene rings is 1. The van der Waals surface area contributed by atoms with Crippen molar-refractivity contribution in [1.29, 1.82) is 0 Å². The fourth-order valence-corrected chi connectivity index (χ4v) is 4.75. The van der Waals surface area contributed by atoms with E-state index in [-0.39, 0.29) is 49.8 Å². The number of carbonyl (C=O) groups excluding carboxylic acids is 4. The van der Waals surface area contributed by atoms with E-state index in [1.165, 1.54) is 23.3 Å². The number of piperidine rings is 1. The van der Waals surface area contributed by atoms with Gasteiger partial charge in [0.2, 0.25) is 11.8 Å². The Labute approximate surface area is 224 Å². The maximum atomic E-state index is 12.9. The van der Waals surface area contributed by atoms with Gasteiger partial charge in [0.05, 0.1) is 31.2 Å². The highest BCUT2D eigenvalue weighted by Gasteiger charge is 2.28. The Morgan fingerprint density at radius 2 is 1.89 bits per heavy atom. The molecule has 1 aromatic heterocycles. The van der Waals surface area contributed by atoms with Crippen molar-refractivity contribution < 1.29 is 28.7 Å². The normalized spacial score (nSPS) is 13.8. The van der Waals surface area contributed by atoms with Gasteiger partial charge < -0.3 is 24.6 Å². The Balaban J connectivity index is 1.51. The van der Waals surface area contributed by atoms with Crippen LogP contribution in [0.1, 0.15) is 35.8 Å². The second-order valence-corrected chi connectivity index (χ2v) is 9.80. The van der Waals surface area contributed by atoms with E-state index in [9.17, 15) is 19.2 Å². The lowest BCUT2D eigenvalue weighted by Gasteiger charge is -2.30. The van der Waals surface area contributed by atoms with Crippen LogP contribution >= 0.6 is 22.9 Å². The third-order valence-corrected chi connectivity index (χ3v) is 6.93. The van der Waals surface area contributed by atoms with Crippen LogP contribution in [0.2, 0.25) is 5.02 Å². The third kappa shape index (κ3) is 8.51. The molecule has 2 heterocycles. The summed E-state index contributed by atoms with van der Waals surface area (Å²) >= 11 is 7.11. The van der Waals surface area contributed by atoms with Crippen molar-refractivity contribution in [2.75, 3.05) is 51.8 Å². The molecule has 37 heavy (non-hydrogen) atoms. The van der Waals surface area contributed by atoms with Gasteiger partial charge in [-0.1, -0.05) is 11.6 Å². The van der Waals surface area contributed by atoms with E-state index >= 15 is 0 Å². The smallest absolute Gasteiger partial charge is 0.309 e. The summed E-state index contributed by atoms with van der Waals surface area (Å²) in [5.74, 6) is -1.18. The number of ether oxygens (including phenoxy) is 2. The molecule has 0 unspecified atom stereocenters. The van der Waals surface area contributed by atoms with Crippen molar-refractivity contribution in [3.05, 3.63) is 45.9 Å². The van der Waals surface area contributed by atoms with Gasteiger partial charge in [-0.25, -0.2) is 4.98 Å². The lowest BCUT2D eigenvalue weighted by Crippen LogP contribution is -2.41. The van der Waals surface area contributed by atoms with E-state index in [1.807, 2.05) is 0 Å². The molecule has 0 bridgehead atoms. The molecule has 1 aliphatic heterocycles. The van der Waals surface area contributed by atoms with Crippen LogP contribution in [0.4, 0.5) is 5.13 Å². The summed E-state index contributed by atoms with van der Waals surface area (Å²) in [6.45, 7) is 3.44. The molecule has 1 saturated heterocycles. The highest BCUT2D eigenvalue weighted by molar-refractivity contribution is 7.13. The van der Waals surface area contributed by atoms with Gasteiger partial charge >= 0.3 is 5.97 Å². The Kier molecular flexibility index (Phi) is 10.8. The van der Waals surface area contributed by atoms with Gasteiger partial charge in [0.25, 0.3) is 5.91 Å². The molecule has 1 fully saturated rings. The van der Waals surface area contributed by atoms with Gasteiger partial charge in [0.15, 0.2) is 5.13 Å². The van der Waals surface area contributed by atoms with Crippen molar-refractivity contribution in [3.63, 3.8) is 0 Å². The SMILES string of the molecule is CCOC(=O)C1CCN(C(=O)Cc2csc(NC(=O)CN(CCOC)C(=O)c3ccc(Cl)cc3)n2)CC1. The summed E-state index contributed by atoms with van der Waals surface area (Å²) in [6.07, 6.45) is 1.26. The minimum absolute atomic E-state index is 0.0789. The largest absolute Gasteiger partial charge is 0.466 e. The summed E-state index contributed by atoms with van der Waals surface area (Å²) in [7, 11) is 1.52. The first kappa shape index (κ1) is 28.5. The molecule has 10 nitrogen and oxygen atoms in total. The number of thiazole rings is 1. The summed E-state index contributed by atoms with van der Waals surface area (Å²) < 4.78 is 10.2. The molecule has 1 aromatic carbocycles. The van der Waals surface area contributed by atoms with Crippen molar-refractivity contribution in [2.45, 2.75) is 26.2 Å². The van der Waals surface area contributed by atoms with Crippen LogP contribution in [-0.2, 0) is 30.3 Å². The lowest BCUT2D eigenvalue weighted by molar-refractivity contribution is -0.151. The Bertz CT molecular complexity index is 1090. The average molecular weight is 551 g/mol. The number of rotatable bonds is 11. The number of nitrogens with zero attached hydrogens (tertiary/aromatic N) is 3. The molecule has 0 aliphatic carbocycles. The Morgan fingerprint density at radius 1 is 1.19 bits per heavy atom. The third-order valence-electron chi connectivity index (χ3n) is 5.88. The average Bonchev–Trinajstić information content (AvgIpc) is 3.33. The Hall–Kier alpha value is -3.02. The van der Waals surface area contributed by atoms with Gasteiger partial charge in [0.1, 0.15) is 6.54 Å². The zero-order valence-corrected chi connectivity index (χ0v) is 22.5. The molecule has 2 aromatic rings. The van der Waals surface area contributed by atoms with Crippen LogP contribution in [0, 0.1) is 5.92 Å². The van der Waals surface area contributed by atoms with Crippen molar-refractivity contribution in [1.82, 2.24) is 14.8 Å². The number of anilines is 1. The lowest BCUT2D eigenvalue weighted by atomic mass is 9.97. The molecular weight excluding hydrogens is 520 g/mol. The predicted molar refractivity (Wildman–Crippen MR) is 140 cm³/mol. The first-order valence-corrected chi connectivity index (χ1v) is 13.3. The first-order chi connectivity index (χ1) is 17.8. The zero-order chi connectivity index (χ0) is 26.8. The van der Waals surface area contributed by atoms with Gasteiger partial charge in [-0.05, 0) is 44.0 Å². The quantitative estimate of drug-likeness (QED) is 0.427. The second-order valence-electron chi connectivity index (χ2n) is 8.50. The minimum Gasteiger partial charge on any atom is -0.466 e. The highest BCUT2D eigenvalue weighted by Crippen LogP contribution is 2.21. The summed E-state index contributed by atoms with van der Waals surface area (Å²) in [6, 6.07) is 6.44. The molecule has 1 aliphatic rings. The molecule has 1 N–H and O–H groups in total. The molecule has 3 rings (SSSR count). The van der Waals surface area contributed by atoms with E-state index in [2.05, 4.69) is 10.3 Å². The number of hydrogen-bond donors (Lipinski definition) is 1. The number of likely N-dealkylation sites (tertiary alicyclic amines) is 1. The maximum Gasteiger partial charge on any atom is 0.309 e. The van der Waals surface area contributed by atoms with Crippen LogP contribution in [0.5, 0.6) is 0 Å². The van der Waals surface area contributed by atoms with Gasteiger partial charge in [-0.3, -0.25) is 19.2 Å². The van der Waals surface area contributed by atoms with Crippen molar-refractivity contribution in [3.8, 4) is 0 Å². The summed E-state index contributed by atoms with van der Waals surface area (Å²) in [5.41, 5.74) is 0.959. The summed E-state index contributed by atoms with van der Waals surface area (Å²) in [4.78, 5) is 57.6. The van der Waals surface area contributed by atoms with E-state index in [0.29, 0.717) is 53.9 Å². The Morgan fingerprint density at radius 3 is 2.54 bits per heavy atom. The van der Waals surface area contributed by atoms with Crippen molar-refractivity contribution >= 4 is 51.8 Å². The highest BCUT2D eigenvalue weighted by atomic mass is 35.5. The number of hydrogen-bond acceptors (Lipinski definition) is 8. The van der Waals surface area contributed by atoms with Gasteiger partial charge in [-0.15, -0.1) is 11.3 Å². The predicted octanol–water partition coefficient (Wildman–Crippen LogP) is 2.87. The molecule has 12 heteroatoms. The van der Waals surface area contributed by atoms with Gasteiger partial charge in [0, 0.05) is 42.7 Å². The van der Waals surface area contributed by atoms with Crippen LogP contribution in [0.25, 0.3) is 0 Å². The first-order valence-electron chi connectivity index (χ1n) is 12.0. The van der Waals surface area contributed by atoms with Crippen LogP contribution in [-0.4, -0.2) is 85.0 Å². The number of aromatic nitrogens is 1. The number of carbonyl (C=O) groups is 4. The van der Waals surface area contributed by atoms with Crippen molar-refractivity contribution in [2.24, 2.45) is 5.92 Å². The zero-order valence-electron chi connectivity index (χ0n) is 20.9. The standard InChI is InChI=1S/C25H31ClN4O6S/c1-3-36-24(34)18-8-10-29(11-9-18)22(32)14-20-16-37-25(27-20)28-21(31)15-30(12-13-35-2)23(33)17-4-6-19(26)7-5-17/h4-7,16,18H,3,8-15H2,1-2H3,(H,27,28,31). The summed E-state index contributed by atoms with van der Waals surface area (Å²) in [5, 5.41) is 5.28. The molecule has 0 spiro atoms. The number of nitrogens with one attached hydrogen (secondary N) is 1. The van der Waals surface area contributed by atoms with Crippen LogP contribution < -0.4 is 5.32 Å². The van der Waals surface area contributed by atoms with E-state index in [0.717, 1.165) is 0 Å². The number of amides is 3. The fourth-order valence-electron chi connectivity index (χ4n) is 3.90. The molecule has 0 saturated carbocycles. The van der Waals surface area contributed by atoms with E-state index < -0.39 is 5.91 Å². The van der Waals surface area contributed by atoms with Crippen LogP contribution in [0.15, 0.2) is 29.6 Å². The molecule has 3 amide bonds. The second kappa shape index (κ2) is 14.1. The van der Waals surface area contributed by atoms with E-state index in [4.69, 9.17) is 21.1 Å². The number of methoxy groups -OCH3 is 1. The molecule has 0 radical (unpaired) electrons. The fraction of sp³-hybridized carbons (Fsp3) is 0.480.